The van der Waals surface area contributed by atoms with Crippen molar-refractivity contribution in [2.45, 2.75) is 6.92 Å². The maximum absolute atomic E-state index is 12.9. The molecule has 6 nitrogen and oxygen atoms in total. The normalized spacial score (nSPS) is 11.2. The number of benzene rings is 4. The number of anilines is 1. The second-order valence-electron chi connectivity index (χ2n) is 6.99. The first-order valence-corrected chi connectivity index (χ1v) is 9.83. The third-order valence-electron chi connectivity index (χ3n) is 4.75. The van der Waals surface area contributed by atoms with E-state index in [1.54, 1.807) is 36.4 Å². The highest BCUT2D eigenvalue weighted by atomic mass is 35.5. The number of nitrogens with one attached hydrogen (secondary N) is 1. The van der Waals surface area contributed by atoms with Gasteiger partial charge in [-0.1, -0.05) is 53.6 Å². The molecule has 31 heavy (non-hydrogen) atoms. The SMILES string of the molecule is Cc1ccc(NC(=O)c2cc(N=Nc3ccc(O)cc3Cl)c3ccccc3c2O)cc1. The first kappa shape index (κ1) is 20.4. The fourth-order valence-corrected chi connectivity index (χ4v) is 3.33. The molecule has 0 fully saturated rings. The molecule has 4 rings (SSSR count). The third kappa shape index (κ3) is 4.34. The van der Waals surface area contributed by atoms with Crippen molar-refractivity contribution < 1.29 is 15.0 Å². The average molecular weight is 432 g/mol. The van der Waals surface area contributed by atoms with Gasteiger partial charge >= 0.3 is 0 Å². The van der Waals surface area contributed by atoms with Crippen molar-refractivity contribution >= 4 is 45.3 Å². The molecule has 0 aliphatic carbocycles. The first-order valence-electron chi connectivity index (χ1n) is 9.45. The molecule has 0 saturated heterocycles. The van der Waals surface area contributed by atoms with E-state index in [0.717, 1.165) is 5.56 Å². The highest BCUT2D eigenvalue weighted by Gasteiger charge is 2.17. The average Bonchev–Trinajstić information content (AvgIpc) is 2.76. The molecule has 0 bridgehead atoms. The van der Waals surface area contributed by atoms with Crippen molar-refractivity contribution in [2.75, 3.05) is 5.32 Å². The van der Waals surface area contributed by atoms with E-state index in [2.05, 4.69) is 15.5 Å². The Bertz CT molecular complexity index is 1320. The van der Waals surface area contributed by atoms with Crippen LogP contribution in [0.2, 0.25) is 5.02 Å². The topological polar surface area (TPSA) is 94.3 Å². The molecule has 0 saturated carbocycles. The number of aryl methyl sites for hydroxylation is 1. The van der Waals surface area contributed by atoms with Gasteiger partial charge in [0.25, 0.3) is 5.91 Å². The van der Waals surface area contributed by atoms with Crippen LogP contribution in [-0.4, -0.2) is 16.1 Å². The molecule has 4 aromatic carbocycles. The van der Waals surface area contributed by atoms with Crippen molar-refractivity contribution in [1.29, 1.82) is 0 Å². The van der Waals surface area contributed by atoms with Crippen LogP contribution in [0.15, 0.2) is 83.0 Å². The zero-order chi connectivity index (χ0) is 22.0. The lowest BCUT2D eigenvalue weighted by molar-refractivity contribution is 0.102. The number of aromatic hydroxyl groups is 2. The minimum atomic E-state index is -0.466. The van der Waals surface area contributed by atoms with Crippen LogP contribution < -0.4 is 5.32 Å². The summed E-state index contributed by atoms with van der Waals surface area (Å²) < 4.78 is 0. The van der Waals surface area contributed by atoms with Gasteiger partial charge in [0.1, 0.15) is 17.2 Å². The lowest BCUT2D eigenvalue weighted by atomic mass is 10.0. The molecule has 0 radical (unpaired) electrons. The zero-order valence-corrected chi connectivity index (χ0v) is 17.3. The molecule has 3 N–H and O–H groups in total. The van der Waals surface area contributed by atoms with Crippen LogP contribution in [0.5, 0.6) is 11.5 Å². The summed E-state index contributed by atoms with van der Waals surface area (Å²) in [6.07, 6.45) is 0. The Balaban J connectivity index is 1.76. The summed E-state index contributed by atoms with van der Waals surface area (Å²) in [6, 6.07) is 20.3. The number of azo groups is 1. The smallest absolute Gasteiger partial charge is 0.259 e. The van der Waals surface area contributed by atoms with Crippen LogP contribution in [0.25, 0.3) is 10.8 Å². The van der Waals surface area contributed by atoms with Gasteiger partial charge in [-0.15, -0.1) is 10.2 Å². The van der Waals surface area contributed by atoms with E-state index in [-0.39, 0.29) is 22.1 Å². The van der Waals surface area contributed by atoms with Gasteiger partial charge in [0.15, 0.2) is 0 Å². The number of fused-ring (bicyclic) bond motifs is 1. The standard InChI is InChI=1S/C24H18ClN3O3/c1-14-6-8-15(9-7-14)26-24(31)19-13-22(17-4-2-3-5-18(17)23(19)30)28-27-21-11-10-16(29)12-20(21)25/h2-13,29-30H,1H3,(H,26,31). The van der Waals surface area contributed by atoms with Gasteiger partial charge in [-0.05, 0) is 37.3 Å². The summed E-state index contributed by atoms with van der Waals surface area (Å²) in [5, 5.41) is 32.8. The van der Waals surface area contributed by atoms with Gasteiger partial charge < -0.3 is 15.5 Å². The Morgan fingerprint density at radius 3 is 2.26 bits per heavy atom. The number of rotatable bonds is 4. The highest BCUT2D eigenvalue weighted by molar-refractivity contribution is 6.33. The fraction of sp³-hybridized carbons (Fsp3) is 0.0417. The molecular formula is C24H18ClN3O3. The summed E-state index contributed by atoms with van der Waals surface area (Å²) in [6.45, 7) is 1.96. The molecule has 0 aliphatic heterocycles. The molecular weight excluding hydrogens is 414 g/mol. The second-order valence-corrected chi connectivity index (χ2v) is 7.40. The van der Waals surface area contributed by atoms with Gasteiger partial charge in [-0.3, -0.25) is 4.79 Å². The van der Waals surface area contributed by atoms with Crippen molar-refractivity contribution in [3.05, 3.63) is 88.9 Å². The molecule has 0 atom stereocenters. The second kappa shape index (κ2) is 8.45. The number of carbonyl (C=O) groups is 1. The lowest BCUT2D eigenvalue weighted by Gasteiger charge is -2.11. The largest absolute Gasteiger partial charge is 0.508 e. The number of hydrogen-bond donors (Lipinski definition) is 3. The van der Waals surface area contributed by atoms with E-state index in [0.29, 0.717) is 27.8 Å². The molecule has 0 aliphatic rings. The molecule has 0 aromatic heterocycles. The molecule has 1 amide bonds. The van der Waals surface area contributed by atoms with Crippen LogP contribution in [0.3, 0.4) is 0 Å². The van der Waals surface area contributed by atoms with E-state index >= 15 is 0 Å². The number of phenols is 2. The Hall–Kier alpha value is -3.90. The molecule has 0 unspecified atom stereocenters. The van der Waals surface area contributed by atoms with Gasteiger partial charge in [0.05, 0.1) is 16.3 Å². The quantitative estimate of drug-likeness (QED) is 0.307. The molecule has 0 spiro atoms. The predicted molar refractivity (Wildman–Crippen MR) is 122 cm³/mol. The van der Waals surface area contributed by atoms with Gasteiger partial charge in [0, 0.05) is 22.5 Å². The van der Waals surface area contributed by atoms with Crippen molar-refractivity contribution in [3.63, 3.8) is 0 Å². The third-order valence-corrected chi connectivity index (χ3v) is 5.05. The Kier molecular flexibility index (Phi) is 5.56. The summed E-state index contributed by atoms with van der Waals surface area (Å²) in [7, 11) is 0. The van der Waals surface area contributed by atoms with E-state index < -0.39 is 5.91 Å². The summed E-state index contributed by atoms with van der Waals surface area (Å²) in [4.78, 5) is 12.9. The van der Waals surface area contributed by atoms with Gasteiger partial charge in [0.2, 0.25) is 0 Å². The zero-order valence-electron chi connectivity index (χ0n) is 16.5. The Morgan fingerprint density at radius 2 is 1.55 bits per heavy atom. The van der Waals surface area contributed by atoms with E-state index in [9.17, 15) is 15.0 Å². The first-order chi connectivity index (χ1) is 14.9. The van der Waals surface area contributed by atoms with Gasteiger partial charge in [-0.25, -0.2) is 0 Å². The molecule has 4 aromatic rings. The number of carbonyl (C=O) groups excluding carboxylic acids is 1. The summed E-state index contributed by atoms with van der Waals surface area (Å²) in [5.41, 5.74) is 2.52. The number of phenolic OH excluding ortho intramolecular Hbond substituents is 2. The van der Waals surface area contributed by atoms with Crippen molar-refractivity contribution in [1.82, 2.24) is 0 Å². The summed E-state index contributed by atoms with van der Waals surface area (Å²) >= 11 is 6.10. The predicted octanol–water partition coefficient (Wildman–Crippen LogP) is 6.88. The number of amides is 1. The maximum atomic E-state index is 12.9. The van der Waals surface area contributed by atoms with Crippen LogP contribution in [0.4, 0.5) is 17.1 Å². The van der Waals surface area contributed by atoms with Crippen molar-refractivity contribution in [2.24, 2.45) is 10.2 Å². The monoisotopic (exact) mass is 431 g/mol. The van der Waals surface area contributed by atoms with Crippen LogP contribution in [0, 0.1) is 6.92 Å². The molecule has 154 valence electrons. The Labute approximate surface area is 183 Å². The maximum Gasteiger partial charge on any atom is 0.259 e. The molecule has 0 heterocycles. The lowest BCUT2D eigenvalue weighted by Crippen LogP contribution is -2.12. The minimum Gasteiger partial charge on any atom is -0.508 e. The Morgan fingerprint density at radius 1 is 0.871 bits per heavy atom. The summed E-state index contributed by atoms with van der Waals surface area (Å²) in [5.74, 6) is -0.581. The molecule has 7 heteroatoms. The van der Waals surface area contributed by atoms with Gasteiger partial charge in [-0.2, -0.15) is 0 Å². The highest BCUT2D eigenvalue weighted by Crippen LogP contribution is 2.38. The van der Waals surface area contributed by atoms with E-state index in [1.165, 1.54) is 24.3 Å². The van der Waals surface area contributed by atoms with Crippen LogP contribution in [-0.2, 0) is 0 Å². The number of hydrogen-bond acceptors (Lipinski definition) is 5. The number of nitrogens with zero attached hydrogens (tertiary/aromatic N) is 2. The van der Waals surface area contributed by atoms with E-state index in [1.807, 2.05) is 19.1 Å². The van der Waals surface area contributed by atoms with Crippen LogP contribution in [0.1, 0.15) is 15.9 Å². The minimum absolute atomic E-state index is 0.0223. The van der Waals surface area contributed by atoms with Crippen molar-refractivity contribution in [3.8, 4) is 11.5 Å². The van der Waals surface area contributed by atoms with E-state index in [4.69, 9.17) is 11.6 Å². The number of halogens is 1. The van der Waals surface area contributed by atoms with Crippen LogP contribution >= 0.6 is 11.6 Å². The fourth-order valence-electron chi connectivity index (χ4n) is 3.12.